The van der Waals surface area contributed by atoms with Crippen LogP contribution in [-0.2, 0) is 19.6 Å². The van der Waals surface area contributed by atoms with Gasteiger partial charge in [-0.2, -0.15) is 22.0 Å². The lowest BCUT2D eigenvalue weighted by atomic mass is 9.86. The number of nitrogens with one attached hydrogen (secondary N) is 2. The first-order valence-corrected chi connectivity index (χ1v) is 13.3. The molecule has 0 aliphatic heterocycles. The third-order valence-electron chi connectivity index (χ3n) is 7.22. The van der Waals surface area contributed by atoms with Gasteiger partial charge in [-0.3, -0.25) is 4.79 Å². The van der Waals surface area contributed by atoms with Crippen molar-refractivity contribution in [2.24, 2.45) is 11.8 Å². The van der Waals surface area contributed by atoms with Crippen molar-refractivity contribution >= 4 is 15.9 Å². The summed E-state index contributed by atoms with van der Waals surface area (Å²) in [4.78, 5) is 13.0. The Morgan fingerprint density at radius 1 is 0.879 bits per heavy atom. The average Bonchev–Trinajstić information content (AvgIpc) is 2.74. The summed E-state index contributed by atoms with van der Waals surface area (Å²) < 4.78 is 97.2. The summed E-state index contributed by atoms with van der Waals surface area (Å²) in [5.74, 6) is -2.69. The van der Waals surface area contributed by atoms with Crippen LogP contribution in [0.5, 0.6) is 0 Å². The number of hydrogen-bond donors (Lipinski definition) is 2. The number of amides is 1. The van der Waals surface area contributed by atoms with Crippen molar-refractivity contribution < 1.29 is 39.9 Å². The zero-order valence-electron chi connectivity index (χ0n) is 18.5. The van der Waals surface area contributed by atoms with Gasteiger partial charge in [0.2, 0.25) is 15.9 Å². The summed E-state index contributed by atoms with van der Waals surface area (Å²) in [6, 6.07) is -1.02. The van der Waals surface area contributed by atoms with Crippen LogP contribution in [0.1, 0.15) is 77.0 Å². The topological polar surface area (TPSA) is 84.5 Å². The van der Waals surface area contributed by atoms with Crippen molar-refractivity contribution in [3.05, 3.63) is 0 Å². The van der Waals surface area contributed by atoms with Gasteiger partial charge in [0.1, 0.15) is 0 Å². The first-order valence-electron chi connectivity index (χ1n) is 11.8. The van der Waals surface area contributed by atoms with E-state index in [0.717, 1.165) is 0 Å². The van der Waals surface area contributed by atoms with E-state index in [4.69, 9.17) is 0 Å². The summed E-state index contributed by atoms with van der Waals surface area (Å²) in [7, 11) is -3.99. The number of hydrogen-bond acceptors (Lipinski definition) is 4. The zero-order valence-corrected chi connectivity index (χ0v) is 19.3. The normalized spacial score (nSPS) is 34.2. The lowest BCUT2D eigenvalue weighted by molar-refractivity contribution is -0.183. The molecule has 6 nitrogen and oxygen atoms in total. The number of ether oxygens (including phenoxy) is 1. The van der Waals surface area contributed by atoms with Crippen LogP contribution in [0.3, 0.4) is 0 Å². The van der Waals surface area contributed by atoms with Gasteiger partial charge in [0.25, 0.3) is 0 Å². The highest BCUT2D eigenvalue weighted by Gasteiger charge is 2.45. The Bertz CT molecular complexity index is 756. The van der Waals surface area contributed by atoms with Gasteiger partial charge in [-0.1, -0.05) is 19.3 Å². The molecule has 3 aliphatic rings. The standard InChI is InChI=1S/C21H33F5N2O4S/c22-20(23)32-16-10-8-14(9-11-16)27-19(29)17-6-1-2-7-18(17)33(30,31)28-15-5-3-4-13(12-15)21(24,25)26/h13-18,20,28H,1-12H2,(H,27,29). The molecular weight excluding hydrogens is 471 g/mol. The van der Waals surface area contributed by atoms with Crippen molar-refractivity contribution in [2.75, 3.05) is 0 Å². The van der Waals surface area contributed by atoms with Crippen LogP contribution >= 0.6 is 0 Å². The third-order valence-corrected chi connectivity index (χ3v) is 9.25. The molecule has 4 atom stereocenters. The van der Waals surface area contributed by atoms with Gasteiger partial charge >= 0.3 is 12.8 Å². The lowest BCUT2D eigenvalue weighted by Gasteiger charge is -2.36. The Hall–Kier alpha value is -1.01. The lowest BCUT2D eigenvalue weighted by Crippen LogP contribution is -2.52. The van der Waals surface area contributed by atoms with E-state index >= 15 is 0 Å². The Kier molecular flexibility index (Phi) is 8.99. The molecule has 3 rings (SSSR count). The highest BCUT2D eigenvalue weighted by Crippen LogP contribution is 2.38. The van der Waals surface area contributed by atoms with Gasteiger partial charge in [-0.25, -0.2) is 13.1 Å². The van der Waals surface area contributed by atoms with Crippen molar-refractivity contribution in [3.63, 3.8) is 0 Å². The van der Waals surface area contributed by atoms with Gasteiger partial charge in [-0.05, 0) is 57.8 Å². The molecule has 3 fully saturated rings. The van der Waals surface area contributed by atoms with Crippen molar-refractivity contribution in [1.29, 1.82) is 0 Å². The van der Waals surface area contributed by atoms with Crippen LogP contribution in [0, 0.1) is 11.8 Å². The molecule has 1 amide bonds. The van der Waals surface area contributed by atoms with E-state index < -0.39 is 52.0 Å². The Morgan fingerprint density at radius 2 is 1.55 bits per heavy atom. The summed E-state index contributed by atoms with van der Waals surface area (Å²) in [6.07, 6.45) is -0.873. The number of carbonyl (C=O) groups is 1. The molecule has 0 aromatic rings. The average molecular weight is 505 g/mol. The van der Waals surface area contributed by atoms with E-state index in [9.17, 15) is 35.2 Å². The van der Waals surface area contributed by atoms with Crippen LogP contribution in [0.15, 0.2) is 0 Å². The largest absolute Gasteiger partial charge is 0.391 e. The van der Waals surface area contributed by atoms with Gasteiger partial charge in [-0.15, -0.1) is 0 Å². The molecule has 33 heavy (non-hydrogen) atoms. The minimum atomic E-state index is -4.35. The molecule has 4 unspecified atom stereocenters. The van der Waals surface area contributed by atoms with Gasteiger partial charge in [0, 0.05) is 12.1 Å². The monoisotopic (exact) mass is 504 g/mol. The minimum Gasteiger partial charge on any atom is -0.353 e. The van der Waals surface area contributed by atoms with E-state index in [0.29, 0.717) is 57.8 Å². The number of carbonyl (C=O) groups excluding carboxylic acids is 1. The van der Waals surface area contributed by atoms with E-state index in [1.807, 2.05) is 0 Å². The van der Waals surface area contributed by atoms with Crippen LogP contribution in [0.25, 0.3) is 0 Å². The fourth-order valence-corrected chi connectivity index (χ4v) is 7.50. The van der Waals surface area contributed by atoms with E-state index in [2.05, 4.69) is 14.8 Å². The minimum absolute atomic E-state index is 0.000780. The number of sulfonamides is 1. The van der Waals surface area contributed by atoms with Crippen molar-refractivity contribution in [3.8, 4) is 0 Å². The predicted molar refractivity (Wildman–Crippen MR) is 111 cm³/mol. The molecular formula is C21H33F5N2O4S. The maximum Gasteiger partial charge on any atom is 0.391 e. The summed E-state index contributed by atoms with van der Waals surface area (Å²) in [6.45, 7) is -2.84. The van der Waals surface area contributed by atoms with E-state index in [1.165, 1.54) is 0 Å². The summed E-state index contributed by atoms with van der Waals surface area (Å²) in [5, 5.41) is 1.88. The molecule has 192 valence electrons. The summed E-state index contributed by atoms with van der Waals surface area (Å²) >= 11 is 0. The molecule has 3 saturated carbocycles. The highest BCUT2D eigenvalue weighted by atomic mass is 32.2. The first-order chi connectivity index (χ1) is 15.5. The second-order valence-electron chi connectivity index (χ2n) is 9.57. The maximum atomic E-state index is 13.1. The van der Waals surface area contributed by atoms with Crippen LogP contribution in [0.4, 0.5) is 22.0 Å². The molecule has 0 radical (unpaired) electrons. The molecule has 0 spiro atoms. The maximum absolute atomic E-state index is 13.1. The molecule has 0 bridgehead atoms. The third kappa shape index (κ3) is 7.48. The van der Waals surface area contributed by atoms with Crippen LogP contribution in [-0.4, -0.2) is 50.6 Å². The Labute approximate surface area is 191 Å². The fraction of sp³-hybridized carbons (Fsp3) is 0.952. The van der Waals surface area contributed by atoms with Gasteiger partial charge in [0.15, 0.2) is 0 Å². The van der Waals surface area contributed by atoms with Crippen LogP contribution < -0.4 is 10.0 Å². The van der Waals surface area contributed by atoms with E-state index in [1.54, 1.807) is 0 Å². The highest BCUT2D eigenvalue weighted by molar-refractivity contribution is 7.90. The molecule has 12 heteroatoms. The van der Waals surface area contributed by atoms with Crippen molar-refractivity contribution in [1.82, 2.24) is 10.0 Å². The van der Waals surface area contributed by atoms with Gasteiger partial charge < -0.3 is 10.1 Å². The second kappa shape index (κ2) is 11.2. The van der Waals surface area contributed by atoms with Gasteiger partial charge in [0.05, 0.1) is 23.2 Å². The number of alkyl halides is 5. The Balaban J connectivity index is 1.58. The SMILES string of the molecule is O=C(NC1CCC(OC(F)F)CC1)C1CCCCC1S(=O)(=O)NC1CCCC(C(F)(F)F)C1. The number of rotatable bonds is 7. The first kappa shape index (κ1) is 26.6. The zero-order chi connectivity index (χ0) is 24.2. The molecule has 0 saturated heterocycles. The van der Waals surface area contributed by atoms with Crippen LogP contribution in [0.2, 0.25) is 0 Å². The quantitative estimate of drug-likeness (QED) is 0.508. The molecule has 0 aromatic carbocycles. The smallest absolute Gasteiger partial charge is 0.353 e. The Morgan fingerprint density at radius 3 is 2.18 bits per heavy atom. The second-order valence-corrected chi connectivity index (χ2v) is 11.5. The fourth-order valence-electron chi connectivity index (χ4n) is 5.48. The summed E-state index contributed by atoms with van der Waals surface area (Å²) in [5.41, 5.74) is 0. The molecule has 2 N–H and O–H groups in total. The number of halogens is 5. The molecule has 3 aliphatic carbocycles. The molecule has 0 heterocycles. The van der Waals surface area contributed by atoms with E-state index in [-0.39, 0.29) is 31.2 Å². The molecule has 0 aromatic heterocycles. The van der Waals surface area contributed by atoms with Crippen molar-refractivity contribution in [2.45, 2.75) is 113 Å². The predicted octanol–water partition coefficient (Wildman–Crippen LogP) is 4.25.